The van der Waals surface area contributed by atoms with E-state index < -0.39 is 23.2 Å². The summed E-state index contributed by atoms with van der Waals surface area (Å²) in [5, 5.41) is 3.08. The van der Waals surface area contributed by atoms with Gasteiger partial charge in [0.2, 0.25) is 0 Å². The minimum atomic E-state index is -4.52. The summed E-state index contributed by atoms with van der Waals surface area (Å²) in [6.07, 6.45) is -3.19. The van der Waals surface area contributed by atoms with Gasteiger partial charge < -0.3 is 16.8 Å². The van der Waals surface area contributed by atoms with Gasteiger partial charge in [-0.3, -0.25) is 4.79 Å². The number of anilines is 1. The molecule has 4 nitrogen and oxygen atoms in total. The molecule has 0 heterocycles. The first-order chi connectivity index (χ1) is 9.69. The van der Waals surface area contributed by atoms with Crippen LogP contribution in [0.15, 0.2) is 18.2 Å². The molecule has 0 aliphatic heterocycles. The zero-order valence-electron chi connectivity index (χ0n) is 12.1. The number of halogens is 3. The third kappa shape index (κ3) is 3.87. The number of nitrogens with one attached hydrogen (secondary N) is 1. The lowest BCUT2D eigenvalue weighted by Gasteiger charge is -2.33. The molecule has 0 radical (unpaired) electrons. The van der Waals surface area contributed by atoms with Gasteiger partial charge in [-0.1, -0.05) is 13.8 Å². The van der Waals surface area contributed by atoms with Crippen molar-refractivity contribution < 1.29 is 18.0 Å². The summed E-state index contributed by atoms with van der Waals surface area (Å²) < 4.78 is 38.1. The minimum absolute atomic E-state index is 0.190. The number of hydrogen-bond donors (Lipinski definition) is 3. The summed E-state index contributed by atoms with van der Waals surface area (Å²) >= 11 is 0. The first kappa shape index (κ1) is 17.3. The predicted molar refractivity (Wildman–Crippen MR) is 76.0 cm³/mol. The smallest absolute Gasteiger partial charge is 0.378 e. The maximum Gasteiger partial charge on any atom is 0.416 e. The quantitative estimate of drug-likeness (QED) is 0.756. The monoisotopic (exact) mass is 303 g/mol. The number of nitrogens with two attached hydrogens (primary N) is 2. The van der Waals surface area contributed by atoms with Crippen LogP contribution in [0.4, 0.5) is 18.9 Å². The van der Waals surface area contributed by atoms with E-state index in [0.29, 0.717) is 19.4 Å². The molecular formula is C14H20F3N3O. The van der Waals surface area contributed by atoms with Crippen LogP contribution in [0.2, 0.25) is 0 Å². The van der Waals surface area contributed by atoms with Crippen LogP contribution in [0.5, 0.6) is 0 Å². The van der Waals surface area contributed by atoms with Crippen LogP contribution >= 0.6 is 0 Å². The molecular weight excluding hydrogens is 283 g/mol. The summed E-state index contributed by atoms with van der Waals surface area (Å²) in [6, 6.07) is 2.90. The van der Waals surface area contributed by atoms with E-state index in [2.05, 4.69) is 5.32 Å². The Balaban J connectivity index is 3.28. The number of alkyl halides is 3. The van der Waals surface area contributed by atoms with Gasteiger partial charge in [0.1, 0.15) is 0 Å². The maximum atomic E-state index is 12.7. The fourth-order valence-corrected chi connectivity index (χ4v) is 2.09. The lowest BCUT2D eigenvalue weighted by molar-refractivity contribution is -0.137. The minimum Gasteiger partial charge on any atom is -0.378 e. The van der Waals surface area contributed by atoms with Crippen LogP contribution in [-0.4, -0.2) is 18.0 Å². The van der Waals surface area contributed by atoms with Crippen molar-refractivity contribution in [2.45, 2.75) is 38.4 Å². The maximum absolute atomic E-state index is 12.7. The SMILES string of the molecule is CCC(CC)(CN)Nc1ccc(C(F)(F)F)cc1C(N)=O. The fourth-order valence-electron chi connectivity index (χ4n) is 2.09. The number of rotatable bonds is 6. The van der Waals surface area contributed by atoms with Crippen molar-refractivity contribution in [2.24, 2.45) is 11.5 Å². The Morgan fingerprint density at radius 3 is 2.19 bits per heavy atom. The van der Waals surface area contributed by atoms with E-state index in [1.165, 1.54) is 6.07 Å². The highest BCUT2D eigenvalue weighted by Gasteiger charge is 2.32. The van der Waals surface area contributed by atoms with Gasteiger partial charge >= 0.3 is 6.18 Å². The highest BCUT2D eigenvalue weighted by atomic mass is 19.4. The molecule has 118 valence electrons. The van der Waals surface area contributed by atoms with Gasteiger partial charge in [-0.15, -0.1) is 0 Å². The zero-order chi connectivity index (χ0) is 16.3. The van der Waals surface area contributed by atoms with E-state index in [1.807, 2.05) is 13.8 Å². The number of benzene rings is 1. The van der Waals surface area contributed by atoms with Crippen molar-refractivity contribution >= 4 is 11.6 Å². The Morgan fingerprint density at radius 1 is 1.24 bits per heavy atom. The van der Waals surface area contributed by atoms with Crippen LogP contribution < -0.4 is 16.8 Å². The second-order valence-corrected chi connectivity index (χ2v) is 4.94. The summed E-state index contributed by atoms with van der Waals surface area (Å²) in [5.41, 5.74) is 9.62. The van der Waals surface area contributed by atoms with Crippen molar-refractivity contribution in [3.63, 3.8) is 0 Å². The lowest BCUT2D eigenvalue weighted by atomic mass is 9.92. The molecule has 0 bridgehead atoms. The van der Waals surface area contributed by atoms with E-state index in [-0.39, 0.29) is 11.3 Å². The molecule has 7 heteroatoms. The van der Waals surface area contributed by atoms with Crippen molar-refractivity contribution in [1.29, 1.82) is 0 Å². The molecule has 0 aliphatic carbocycles. The average Bonchev–Trinajstić information content (AvgIpc) is 2.43. The zero-order valence-corrected chi connectivity index (χ0v) is 12.1. The molecule has 1 rings (SSSR count). The predicted octanol–water partition coefficient (Wildman–Crippen LogP) is 2.73. The second-order valence-electron chi connectivity index (χ2n) is 4.94. The van der Waals surface area contributed by atoms with E-state index >= 15 is 0 Å². The van der Waals surface area contributed by atoms with Gasteiger partial charge in [0.05, 0.1) is 11.1 Å². The molecule has 0 aliphatic rings. The molecule has 21 heavy (non-hydrogen) atoms. The highest BCUT2D eigenvalue weighted by molar-refractivity contribution is 5.98. The van der Waals surface area contributed by atoms with Crippen molar-refractivity contribution in [2.75, 3.05) is 11.9 Å². The molecule has 1 aromatic rings. The Bertz CT molecular complexity index is 502. The second kappa shape index (κ2) is 6.34. The molecule has 1 aromatic carbocycles. The van der Waals surface area contributed by atoms with E-state index in [1.54, 1.807) is 0 Å². The summed E-state index contributed by atoms with van der Waals surface area (Å²) in [4.78, 5) is 11.4. The summed E-state index contributed by atoms with van der Waals surface area (Å²) in [5.74, 6) is -0.915. The Morgan fingerprint density at radius 2 is 1.81 bits per heavy atom. The topological polar surface area (TPSA) is 81.1 Å². The Kier molecular flexibility index (Phi) is 5.22. The largest absolute Gasteiger partial charge is 0.416 e. The first-order valence-corrected chi connectivity index (χ1v) is 6.68. The first-order valence-electron chi connectivity index (χ1n) is 6.68. The Labute approximate surface area is 121 Å². The molecule has 0 aromatic heterocycles. The van der Waals surface area contributed by atoms with Gasteiger partial charge in [-0.05, 0) is 31.0 Å². The van der Waals surface area contributed by atoms with Gasteiger partial charge in [0, 0.05) is 17.8 Å². The summed E-state index contributed by atoms with van der Waals surface area (Å²) in [7, 11) is 0. The Hall–Kier alpha value is -1.76. The third-order valence-electron chi connectivity index (χ3n) is 3.76. The van der Waals surface area contributed by atoms with Crippen LogP contribution in [0, 0.1) is 0 Å². The van der Waals surface area contributed by atoms with Gasteiger partial charge in [0.15, 0.2) is 0 Å². The molecule has 0 saturated heterocycles. The standard InChI is InChI=1S/C14H20F3N3O/c1-3-13(4-2,8-18)20-11-6-5-9(14(15,16)17)7-10(11)12(19)21/h5-7,20H,3-4,8,18H2,1-2H3,(H2,19,21). The third-order valence-corrected chi connectivity index (χ3v) is 3.76. The molecule has 1 amide bonds. The molecule has 0 atom stereocenters. The van der Waals surface area contributed by atoms with E-state index in [0.717, 1.165) is 12.1 Å². The number of hydrogen-bond acceptors (Lipinski definition) is 3. The molecule has 0 unspecified atom stereocenters. The van der Waals surface area contributed by atoms with Gasteiger partial charge in [-0.2, -0.15) is 13.2 Å². The van der Waals surface area contributed by atoms with Gasteiger partial charge in [-0.25, -0.2) is 0 Å². The highest BCUT2D eigenvalue weighted by Crippen LogP contribution is 2.33. The normalized spacial score (nSPS) is 12.3. The lowest BCUT2D eigenvalue weighted by Crippen LogP contribution is -2.44. The van der Waals surface area contributed by atoms with Crippen LogP contribution in [0.3, 0.4) is 0 Å². The van der Waals surface area contributed by atoms with E-state index in [9.17, 15) is 18.0 Å². The molecule has 0 saturated carbocycles. The number of carbonyl (C=O) groups is 1. The van der Waals surface area contributed by atoms with Crippen LogP contribution in [-0.2, 0) is 6.18 Å². The van der Waals surface area contributed by atoms with Crippen molar-refractivity contribution in [1.82, 2.24) is 0 Å². The molecule has 0 spiro atoms. The van der Waals surface area contributed by atoms with Crippen molar-refractivity contribution in [3.05, 3.63) is 29.3 Å². The number of carbonyl (C=O) groups excluding carboxylic acids is 1. The molecule has 5 N–H and O–H groups in total. The van der Waals surface area contributed by atoms with E-state index in [4.69, 9.17) is 11.5 Å². The molecule has 0 fully saturated rings. The number of amides is 1. The average molecular weight is 303 g/mol. The van der Waals surface area contributed by atoms with Crippen LogP contribution in [0.25, 0.3) is 0 Å². The fraction of sp³-hybridized carbons (Fsp3) is 0.500. The van der Waals surface area contributed by atoms with Crippen molar-refractivity contribution in [3.8, 4) is 0 Å². The number of primary amides is 1. The van der Waals surface area contributed by atoms with Gasteiger partial charge in [0.25, 0.3) is 5.91 Å². The van der Waals surface area contributed by atoms with Crippen LogP contribution in [0.1, 0.15) is 42.6 Å². The summed E-state index contributed by atoms with van der Waals surface area (Å²) in [6.45, 7) is 4.12.